The van der Waals surface area contributed by atoms with E-state index >= 15 is 0 Å². The average Bonchev–Trinajstić information content (AvgIpc) is 2.61. The number of hydrogen-bond acceptors (Lipinski definition) is 5. The number of nitrogens with zero attached hydrogens (tertiary/aromatic N) is 4. The van der Waals surface area contributed by atoms with E-state index in [2.05, 4.69) is 39.1 Å². The van der Waals surface area contributed by atoms with Gasteiger partial charge in [0.1, 0.15) is 5.82 Å². The van der Waals surface area contributed by atoms with Gasteiger partial charge in [0.15, 0.2) is 5.82 Å². The number of likely N-dealkylation sites (N-methyl/N-ethyl adjacent to an activating group) is 1. The Bertz CT molecular complexity index is 701. The first-order valence-electron chi connectivity index (χ1n) is 8.75. The fraction of sp³-hybridized carbons (Fsp3) is 0.556. The van der Waals surface area contributed by atoms with Crippen LogP contribution in [0.5, 0.6) is 0 Å². The fourth-order valence-corrected chi connectivity index (χ4v) is 3.06. The lowest BCUT2D eigenvalue weighted by Gasteiger charge is -2.33. The Hall–Kier alpha value is -1.86. The summed E-state index contributed by atoms with van der Waals surface area (Å²) in [4.78, 5) is 12.8. The molecule has 1 atom stereocenters. The Balaban J connectivity index is 1.67. The van der Waals surface area contributed by atoms with Gasteiger partial charge >= 0.3 is 0 Å². The summed E-state index contributed by atoms with van der Waals surface area (Å²) in [7, 11) is 2.14. The number of hydrogen-bond donors (Lipinski definition) is 1. The highest BCUT2D eigenvalue weighted by Crippen LogP contribution is 2.25. The molecule has 1 saturated heterocycles. The second-order valence-corrected chi connectivity index (χ2v) is 6.73. The van der Waals surface area contributed by atoms with Crippen molar-refractivity contribution >= 4 is 16.7 Å². The maximum atomic E-state index is 13.1. The van der Waals surface area contributed by atoms with Crippen LogP contribution in [0.4, 0.5) is 14.6 Å². The second-order valence-electron chi connectivity index (χ2n) is 6.73. The molecule has 1 aromatic heterocycles. The molecule has 25 heavy (non-hydrogen) atoms. The van der Waals surface area contributed by atoms with Gasteiger partial charge in [-0.3, -0.25) is 0 Å². The lowest BCUT2D eigenvalue weighted by Crippen LogP contribution is -2.45. The summed E-state index contributed by atoms with van der Waals surface area (Å²) in [6.07, 6.45) is -1.74. The van der Waals surface area contributed by atoms with Crippen LogP contribution < -0.4 is 5.32 Å². The first-order valence-corrected chi connectivity index (χ1v) is 8.75. The molecule has 2 aromatic rings. The molecule has 2 heterocycles. The van der Waals surface area contributed by atoms with Gasteiger partial charge in [0, 0.05) is 44.2 Å². The molecule has 1 N–H and O–H groups in total. The molecule has 5 nitrogen and oxygen atoms in total. The minimum atomic E-state index is -2.68. The summed E-state index contributed by atoms with van der Waals surface area (Å²) in [5.41, 5.74) is 0.543. The summed E-state index contributed by atoms with van der Waals surface area (Å²) in [5, 5.41) is 4.08. The number of fused-ring (bicyclic) bond motifs is 1. The largest absolute Gasteiger partial charge is 0.367 e. The van der Waals surface area contributed by atoms with Gasteiger partial charge in [-0.15, -0.1) is 0 Å². The van der Waals surface area contributed by atoms with Crippen molar-refractivity contribution < 1.29 is 8.78 Å². The smallest absolute Gasteiger partial charge is 0.297 e. The van der Waals surface area contributed by atoms with Crippen molar-refractivity contribution in [2.24, 2.45) is 0 Å². The summed E-state index contributed by atoms with van der Waals surface area (Å²) in [5.74, 6) is 0.0687. The van der Waals surface area contributed by atoms with Crippen LogP contribution in [0, 0.1) is 0 Å². The van der Waals surface area contributed by atoms with E-state index in [1.807, 2.05) is 12.1 Å². The normalized spacial score (nSPS) is 18.0. The molecule has 0 amide bonds. The van der Waals surface area contributed by atoms with Gasteiger partial charge in [-0.1, -0.05) is 12.1 Å². The SMILES string of the molecule is CC(CCN1CCN(C)CC1)Nc1nc(C(F)F)nc2ccccc12. The monoisotopic (exact) mass is 349 g/mol. The van der Waals surface area contributed by atoms with Gasteiger partial charge in [0.2, 0.25) is 0 Å². The van der Waals surface area contributed by atoms with E-state index in [9.17, 15) is 8.78 Å². The number of aromatic nitrogens is 2. The molecule has 0 radical (unpaired) electrons. The molecule has 1 aliphatic heterocycles. The topological polar surface area (TPSA) is 44.3 Å². The fourth-order valence-electron chi connectivity index (χ4n) is 3.06. The van der Waals surface area contributed by atoms with Gasteiger partial charge in [0.05, 0.1) is 5.52 Å². The molecule has 7 heteroatoms. The molecule has 136 valence electrons. The van der Waals surface area contributed by atoms with Gasteiger partial charge in [-0.05, 0) is 32.5 Å². The van der Waals surface area contributed by atoms with E-state index < -0.39 is 12.2 Å². The van der Waals surface area contributed by atoms with E-state index in [1.165, 1.54) is 0 Å². The maximum Gasteiger partial charge on any atom is 0.297 e. The Morgan fingerprint density at radius 1 is 1.12 bits per heavy atom. The number of nitrogens with one attached hydrogen (secondary N) is 1. The summed E-state index contributed by atoms with van der Waals surface area (Å²) in [6, 6.07) is 7.41. The average molecular weight is 349 g/mol. The highest BCUT2D eigenvalue weighted by atomic mass is 19.3. The number of benzene rings is 1. The maximum absolute atomic E-state index is 13.1. The quantitative estimate of drug-likeness (QED) is 0.869. The number of piperazine rings is 1. The van der Waals surface area contributed by atoms with Crippen LogP contribution in [0.1, 0.15) is 25.6 Å². The van der Waals surface area contributed by atoms with Crippen LogP contribution in [0.15, 0.2) is 24.3 Å². The predicted octanol–water partition coefficient (Wildman–Crippen LogP) is 3.01. The molecule has 0 aliphatic carbocycles. The van der Waals surface area contributed by atoms with Crippen molar-refractivity contribution in [2.75, 3.05) is 45.1 Å². The third-order valence-electron chi connectivity index (χ3n) is 4.67. The van der Waals surface area contributed by atoms with Crippen LogP contribution in [0.25, 0.3) is 10.9 Å². The molecule has 1 fully saturated rings. The lowest BCUT2D eigenvalue weighted by molar-refractivity contribution is 0.141. The summed E-state index contributed by atoms with van der Waals surface area (Å²) < 4.78 is 26.1. The third-order valence-corrected chi connectivity index (χ3v) is 4.67. The van der Waals surface area contributed by atoms with Crippen molar-refractivity contribution in [1.82, 2.24) is 19.8 Å². The molecule has 1 aromatic carbocycles. The van der Waals surface area contributed by atoms with E-state index in [-0.39, 0.29) is 6.04 Å². The first-order chi connectivity index (χ1) is 12.0. The van der Waals surface area contributed by atoms with Gasteiger partial charge in [-0.2, -0.15) is 0 Å². The van der Waals surface area contributed by atoms with Gasteiger partial charge < -0.3 is 15.1 Å². The molecule has 0 bridgehead atoms. The highest BCUT2D eigenvalue weighted by molar-refractivity contribution is 5.89. The zero-order chi connectivity index (χ0) is 17.8. The standard InChI is InChI=1S/C18H25F2N5/c1-13(7-8-25-11-9-24(2)10-12-25)21-17-14-5-3-4-6-15(14)22-18(23-17)16(19)20/h3-6,13,16H,7-12H2,1-2H3,(H,21,22,23). The summed E-state index contributed by atoms with van der Waals surface area (Å²) >= 11 is 0. The van der Waals surface area contributed by atoms with Crippen molar-refractivity contribution in [3.05, 3.63) is 30.1 Å². The highest BCUT2D eigenvalue weighted by Gasteiger charge is 2.17. The summed E-state index contributed by atoms with van der Waals surface area (Å²) in [6.45, 7) is 7.40. The number of anilines is 1. The molecule has 1 unspecified atom stereocenters. The van der Waals surface area contributed by atoms with Crippen LogP contribution in [0.2, 0.25) is 0 Å². The van der Waals surface area contributed by atoms with E-state index in [1.54, 1.807) is 12.1 Å². The molecular formula is C18H25F2N5. The number of alkyl halides is 2. The van der Waals surface area contributed by atoms with Crippen LogP contribution in [0.3, 0.4) is 0 Å². The number of para-hydroxylation sites is 1. The van der Waals surface area contributed by atoms with Crippen molar-refractivity contribution in [3.8, 4) is 0 Å². The number of rotatable bonds is 6. The van der Waals surface area contributed by atoms with E-state index in [0.29, 0.717) is 11.3 Å². The van der Waals surface area contributed by atoms with Crippen molar-refractivity contribution in [1.29, 1.82) is 0 Å². The van der Waals surface area contributed by atoms with Gasteiger partial charge in [0.25, 0.3) is 6.43 Å². The number of halogens is 2. The molecular weight excluding hydrogens is 324 g/mol. The van der Waals surface area contributed by atoms with Crippen molar-refractivity contribution in [2.45, 2.75) is 25.8 Å². The Labute approximate surface area is 147 Å². The minimum absolute atomic E-state index is 0.142. The molecule has 0 saturated carbocycles. The predicted molar refractivity (Wildman–Crippen MR) is 96.1 cm³/mol. The molecule has 0 spiro atoms. The third kappa shape index (κ3) is 4.61. The van der Waals surface area contributed by atoms with Crippen LogP contribution >= 0.6 is 0 Å². The Morgan fingerprint density at radius 3 is 2.56 bits per heavy atom. The van der Waals surface area contributed by atoms with Crippen LogP contribution in [-0.2, 0) is 0 Å². The minimum Gasteiger partial charge on any atom is -0.367 e. The molecule has 3 rings (SSSR count). The Morgan fingerprint density at radius 2 is 1.84 bits per heavy atom. The zero-order valence-corrected chi connectivity index (χ0v) is 14.8. The zero-order valence-electron chi connectivity index (χ0n) is 14.8. The van der Waals surface area contributed by atoms with Gasteiger partial charge in [-0.25, -0.2) is 18.7 Å². The molecule has 1 aliphatic rings. The van der Waals surface area contributed by atoms with E-state index in [4.69, 9.17) is 0 Å². The lowest BCUT2D eigenvalue weighted by atomic mass is 10.2. The first kappa shape index (κ1) is 17.9. The second kappa shape index (κ2) is 8.01. The Kier molecular flexibility index (Phi) is 5.75. The van der Waals surface area contributed by atoms with Crippen molar-refractivity contribution in [3.63, 3.8) is 0 Å². The van der Waals surface area contributed by atoms with Crippen LogP contribution in [-0.4, -0.2) is 65.6 Å². The van der Waals surface area contributed by atoms with E-state index in [0.717, 1.165) is 44.5 Å².